The number of nitrogens with one attached hydrogen (secondary N) is 2. The summed E-state index contributed by atoms with van der Waals surface area (Å²) in [6.07, 6.45) is 1.81. The summed E-state index contributed by atoms with van der Waals surface area (Å²) in [6, 6.07) is 50.6. The molecule has 254 valence electrons. The van der Waals surface area contributed by atoms with E-state index in [1.165, 1.54) is 38.9 Å². The van der Waals surface area contributed by atoms with Gasteiger partial charge in [0.05, 0.1) is 11.4 Å². The first kappa shape index (κ1) is 35.0. The van der Waals surface area contributed by atoms with Crippen LogP contribution < -0.4 is 5.73 Å². The second kappa shape index (κ2) is 14.2. The molecule has 0 saturated heterocycles. The summed E-state index contributed by atoms with van der Waals surface area (Å²) < 4.78 is 0. The van der Waals surface area contributed by atoms with Crippen molar-refractivity contribution in [1.29, 1.82) is 10.8 Å². The first-order valence-corrected chi connectivity index (χ1v) is 17.6. The van der Waals surface area contributed by atoms with Crippen molar-refractivity contribution < 1.29 is 0 Å². The van der Waals surface area contributed by atoms with Gasteiger partial charge in [-0.2, -0.15) is 0 Å². The van der Waals surface area contributed by atoms with Gasteiger partial charge in [-0.15, -0.1) is 0 Å². The van der Waals surface area contributed by atoms with E-state index >= 15 is 0 Å². The molecule has 3 heteroatoms. The van der Waals surface area contributed by atoms with Gasteiger partial charge in [-0.25, -0.2) is 0 Å². The minimum atomic E-state index is 0.141. The zero-order valence-electron chi connectivity index (χ0n) is 30.5. The lowest BCUT2D eigenvalue weighted by atomic mass is 9.84. The highest BCUT2D eigenvalue weighted by Gasteiger charge is 2.21. The molecule has 6 aromatic carbocycles. The summed E-state index contributed by atoms with van der Waals surface area (Å²) in [6.45, 7) is 13.4. The van der Waals surface area contributed by atoms with E-state index in [1.807, 2.05) is 42.5 Å². The molecule has 0 fully saturated rings. The van der Waals surface area contributed by atoms with E-state index in [0.717, 1.165) is 33.5 Å². The molecule has 0 unspecified atom stereocenters. The maximum Gasteiger partial charge on any atom is 0.0867 e. The maximum absolute atomic E-state index is 8.21. The summed E-state index contributed by atoms with van der Waals surface area (Å²) in [7, 11) is 0. The molecule has 6 aromatic rings. The van der Waals surface area contributed by atoms with Crippen molar-refractivity contribution in [3.8, 4) is 33.4 Å². The van der Waals surface area contributed by atoms with Crippen molar-refractivity contribution in [3.05, 3.63) is 179 Å². The smallest absolute Gasteiger partial charge is 0.0867 e. The van der Waals surface area contributed by atoms with Gasteiger partial charge in [0.25, 0.3) is 0 Å². The SMILES string of the molecule is CC(C)(C)c1ccc(-c2cccc(-c3ccc(N)cc3)c2)cc1.CC(C)(C)c1ccc(-c2cccc(C3=CC(=N)C(=N)c4ccccc43)c2)cc1. The van der Waals surface area contributed by atoms with Crippen LogP contribution in [-0.2, 0) is 10.8 Å². The van der Waals surface area contributed by atoms with Crippen LogP contribution in [0.4, 0.5) is 5.69 Å². The zero-order chi connectivity index (χ0) is 36.3. The standard InChI is InChI=1S/C26H24N2.C22H23N/c1-26(2,3)20-13-11-17(12-14-20)18-7-6-8-19(15-18)23-16-24(27)25(28)22-10-5-4-9-21(22)23;1-22(2,3)20-11-7-16(8-12-20)18-5-4-6-19(15-18)17-9-13-21(23)14-10-17/h4-16,27-28H,1-3H3;4-15H,23H2,1-3H3. The molecule has 7 rings (SSSR count). The van der Waals surface area contributed by atoms with Crippen LogP contribution in [0, 0.1) is 10.8 Å². The molecule has 1 aliphatic carbocycles. The van der Waals surface area contributed by atoms with E-state index in [9.17, 15) is 0 Å². The third kappa shape index (κ3) is 8.00. The average molecular weight is 666 g/mol. The summed E-state index contributed by atoms with van der Waals surface area (Å²) in [5.74, 6) is 0. The average Bonchev–Trinajstić information content (AvgIpc) is 3.13. The van der Waals surface area contributed by atoms with E-state index in [1.54, 1.807) is 0 Å². The van der Waals surface area contributed by atoms with Crippen LogP contribution in [-0.4, -0.2) is 11.4 Å². The molecule has 0 amide bonds. The molecule has 1 aliphatic rings. The number of nitrogen functional groups attached to an aromatic ring is 1. The van der Waals surface area contributed by atoms with Gasteiger partial charge >= 0.3 is 0 Å². The minimum absolute atomic E-state index is 0.141. The monoisotopic (exact) mass is 665 g/mol. The number of nitrogens with two attached hydrogens (primary N) is 1. The molecule has 0 heterocycles. The summed E-state index contributed by atoms with van der Waals surface area (Å²) >= 11 is 0. The van der Waals surface area contributed by atoms with E-state index < -0.39 is 0 Å². The predicted octanol–water partition coefficient (Wildman–Crippen LogP) is 12.4. The molecule has 0 bridgehead atoms. The molecule has 0 aromatic heterocycles. The van der Waals surface area contributed by atoms with Crippen LogP contribution in [0.1, 0.15) is 69.4 Å². The lowest BCUT2D eigenvalue weighted by Gasteiger charge is -2.20. The van der Waals surface area contributed by atoms with Crippen molar-refractivity contribution in [3.63, 3.8) is 0 Å². The topological polar surface area (TPSA) is 73.7 Å². The third-order valence-corrected chi connectivity index (χ3v) is 9.49. The number of fused-ring (bicyclic) bond motifs is 1. The molecule has 4 N–H and O–H groups in total. The van der Waals surface area contributed by atoms with Gasteiger partial charge in [-0.1, -0.05) is 163 Å². The van der Waals surface area contributed by atoms with Crippen LogP contribution in [0.15, 0.2) is 152 Å². The molecule has 3 nitrogen and oxygen atoms in total. The van der Waals surface area contributed by atoms with Crippen molar-refractivity contribution in [2.24, 2.45) is 0 Å². The molecule has 0 spiro atoms. The number of hydrogen-bond donors (Lipinski definition) is 3. The Morgan fingerprint density at radius 2 is 0.804 bits per heavy atom. The Morgan fingerprint density at radius 3 is 1.25 bits per heavy atom. The number of rotatable bonds is 4. The second-order valence-electron chi connectivity index (χ2n) is 15.3. The van der Waals surface area contributed by atoms with Gasteiger partial charge in [0.15, 0.2) is 0 Å². The Labute approximate surface area is 303 Å². The lowest BCUT2D eigenvalue weighted by Crippen LogP contribution is -2.18. The number of allylic oxidation sites excluding steroid dienone is 1. The van der Waals surface area contributed by atoms with Gasteiger partial charge in [0.2, 0.25) is 0 Å². The maximum atomic E-state index is 8.21. The Morgan fingerprint density at radius 1 is 0.412 bits per heavy atom. The fraction of sp³-hybridized carbons (Fsp3) is 0.167. The Hall–Kier alpha value is -5.80. The first-order chi connectivity index (χ1) is 24.3. The highest BCUT2D eigenvalue weighted by atomic mass is 14.5. The fourth-order valence-corrected chi connectivity index (χ4v) is 6.36. The van der Waals surface area contributed by atoms with Crippen molar-refractivity contribution in [2.75, 3.05) is 5.73 Å². The molecule has 0 aliphatic heterocycles. The normalized spacial score (nSPS) is 12.8. The van der Waals surface area contributed by atoms with E-state index in [4.69, 9.17) is 16.6 Å². The Balaban J connectivity index is 0.000000179. The van der Waals surface area contributed by atoms with Gasteiger partial charge in [0.1, 0.15) is 0 Å². The highest BCUT2D eigenvalue weighted by Crippen LogP contribution is 2.34. The Bertz CT molecular complexity index is 2220. The van der Waals surface area contributed by atoms with Gasteiger partial charge < -0.3 is 5.73 Å². The van der Waals surface area contributed by atoms with E-state index in [-0.39, 0.29) is 22.3 Å². The second-order valence-corrected chi connectivity index (χ2v) is 15.3. The first-order valence-electron chi connectivity index (χ1n) is 17.6. The van der Waals surface area contributed by atoms with E-state index in [2.05, 4.69) is 151 Å². The van der Waals surface area contributed by atoms with Crippen LogP contribution in [0.2, 0.25) is 0 Å². The zero-order valence-corrected chi connectivity index (χ0v) is 30.5. The van der Waals surface area contributed by atoms with Crippen LogP contribution in [0.3, 0.4) is 0 Å². The van der Waals surface area contributed by atoms with E-state index in [0.29, 0.717) is 0 Å². The molecule has 0 atom stereocenters. The predicted molar refractivity (Wildman–Crippen MR) is 219 cm³/mol. The van der Waals surface area contributed by atoms with Gasteiger partial charge in [-0.3, -0.25) is 10.8 Å². The van der Waals surface area contributed by atoms with Crippen molar-refractivity contribution >= 4 is 22.7 Å². The van der Waals surface area contributed by atoms with Gasteiger partial charge in [-0.05, 0) is 102 Å². The molecule has 0 saturated carbocycles. The summed E-state index contributed by atoms with van der Waals surface area (Å²) in [4.78, 5) is 0. The summed E-state index contributed by atoms with van der Waals surface area (Å²) in [5, 5.41) is 16.4. The van der Waals surface area contributed by atoms with Gasteiger partial charge in [0, 0.05) is 11.3 Å². The van der Waals surface area contributed by atoms with Crippen molar-refractivity contribution in [2.45, 2.75) is 52.4 Å². The van der Waals surface area contributed by atoms with Crippen molar-refractivity contribution in [1.82, 2.24) is 0 Å². The molecular weight excluding hydrogens is 619 g/mol. The highest BCUT2D eigenvalue weighted by molar-refractivity contribution is 6.53. The third-order valence-electron chi connectivity index (χ3n) is 9.49. The fourth-order valence-electron chi connectivity index (χ4n) is 6.36. The number of hydrogen-bond acceptors (Lipinski definition) is 3. The number of benzene rings is 6. The minimum Gasteiger partial charge on any atom is -0.399 e. The Kier molecular flexibility index (Phi) is 9.76. The van der Waals surface area contributed by atoms with Crippen LogP contribution >= 0.6 is 0 Å². The molecule has 51 heavy (non-hydrogen) atoms. The molecule has 0 radical (unpaired) electrons. The lowest BCUT2D eigenvalue weighted by molar-refractivity contribution is 0.590. The molecular formula is C48H47N3. The number of anilines is 1. The largest absolute Gasteiger partial charge is 0.399 e. The summed E-state index contributed by atoms with van der Waals surface area (Å²) in [5.41, 5.74) is 21.3. The van der Waals surface area contributed by atoms with Crippen LogP contribution in [0.5, 0.6) is 0 Å². The quantitative estimate of drug-likeness (QED) is 0.161. The van der Waals surface area contributed by atoms with Crippen LogP contribution in [0.25, 0.3) is 39.0 Å².